The molecule has 0 fully saturated rings. The first-order valence-electron chi connectivity index (χ1n) is 11.4. The molecule has 0 saturated heterocycles. The summed E-state index contributed by atoms with van der Waals surface area (Å²) in [6.45, 7) is 2.25. The van der Waals surface area contributed by atoms with Crippen LogP contribution < -0.4 is 5.73 Å². The molecule has 33 heavy (non-hydrogen) atoms. The average molecular weight is 465 g/mol. The Balaban J connectivity index is 1.63. The number of fused-ring (bicyclic) bond motifs is 4. The van der Waals surface area contributed by atoms with Crippen LogP contribution in [0, 0.1) is 0 Å². The molecule has 0 saturated carbocycles. The van der Waals surface area contributed by atoms with Crippen LogP contribution in [0.5, 0.6) is 0 Å². The number of thiophene rings is 1. The minimum absolute atomic E-state index is 0.774. The Labute approximate surface area is 201 Å². The number of nitrogen functional groups attached to an aromatic ring is 1. The van der Waals surface area contributed by atoms with Crippen LogP contribution in [0.25, 0.3) is 52.1 Å². The van der Waals surface area contributed by atoms with Crippen molar-refractivity contribution in [2.45, 2.75) is 26.2 Å². The van der Waals surface area contributed by atoms with Gasteiger partial charge in [0.1, 0.15) is 5.01 Å². The second kappa shape index (κ2) is 8.29. The van der Waals surface area contributed by atoms with E-state index in [2.05, 4.69) is 67.6 Å². The van der Waals surface area contributed by atoms with Gasteiger partial charge in [0.05, 0.1) is 10.2 Å². The minimum Gasteiger partial charge on any atom is -0.398 e. The average Bonchev–Trinajstić information content (AvgIpc) is 3.44. The quantitative estimate of drug-likeness (QED) is 0.259. The molecule has 0 bridgehead atoms. The molecule has 0 unspecified atom stereocenters. The van der Waals surface area contributed by atoms with Crippen molar-refractivity contribution in [2.24, 2.45) is 0 Å². The Hall–Kier alpha value is -3.21. The van der Waals surface area contributed by atoms with Crippen LogP contribution in [-0.4, -0.2) is 4.98 Å². The van der Waals surface area contributed by atoms with Gasteiger partial charge in [-0.3, -0.25) is 0 Å². The van der Waals surface area contributed by atoms with Crippen molar-refractivity contribution in [1.82, 2.24) is 4.98 Å². The molecule has 6 rings (SSSR count). The van der Waals surface area contributed by atoms with Gasteiger partial charge < -0.3 is 5.73 Å². The fourth-order valence-electron chi connectivity index (χ4n) is 4.58. The molecule has 2 aromatic heterocycles. The summed E-state index contributed by atoms with van der Waals surface area (Å²) in [5.74, 6) is 0. The molecular formula is C29H24N2S2. The van der Waals surface area contributed by atoms with Gasteiger partial charge in [-0.05, 0) is 48.7 Å². The van der Waals surface area contributed by atoms with Crippen molar-refractivity contribution in [1.29, 1.82) is 0 Å². The van der Waals surface area contributed by atoms with Gasteiger partial charge in [0.25, 0.3) is 0 Å². The lowest BCUT2D eigenvalue weighted by atomic mass is 9.98. The highest BCUT2D eigenvalue weighted by Gasteiger charge is 2.17. The van der Waals surface area contributed by atoms with Gasteiger partial charge in [0, 0.05) is 42.6 Å². The number of rotatable bonds is 5. The van der Waals surface area contributed by atoms with Crippen LogP contribution in [0.3, 0.4) is 0 Å². The molecule has 162 valence electrons. The van der Waals surface area contributed by atoms with Crippen molar-refractivity contribution in [3.63, 3.8) is 0 Å². The Kier molecular flexibility index (Phi) is 5.12. The maximum absolute atomic E-state index is 6.31. The molecule has 0 aliphatic carbocycles. The summed E-state index contributed by atoms with van der Waals surface area (Å²) in [4.78, 5) is 5.15. The van der Waals surface area contributed by atoms with Crippen LogP contribution in [0.4, 0.5) is 5.69 Å². The third-order valence-corrected chi connectivity index (χ3v) is 8.51. The van der Waals surface area contributed by atoms with Gasteiger partial charge in [-0.1, -0.05) is 61.9 Å². The summed E-state index contributed by atoms with van der Waals surface area (Å²) in [5.41, 5.74) is 13.1. The minimum atomic E-state index is 0.774. The predicted octanol–water partition coefficient (Wildman–Crippen LogP) is 8.92. The predicted molar refractivity (Wildman–Crippen MR) is 146 cm³/mol. The van der Waals surface area contributed by atoms with E-state index in [4.69, 9.17) is 10.7 Å². The largest absolute Gasteiger partial charge is 0.398 e. The second-order valence-corrected chi connectivity index (χ2v) is 10.6. The standard InChI is InChI=1S/C29H24N2S2/c1-2-3-9-18-16-23(21-13-8-12-20-19-10-5-7-15-25(19)32-28(20)21)27-26(17-18)33-29(31-27)22-11-4-6-14-24(22)30/h4-8,10-17H,2-3,9,30H2,1H3. The van der Waals surface area contributed by atoms with E-state index in [1.807, 2.05) is 29.5 Å². The van der Waals surface area contributed by atoms with Gasteiger partial charge in [0.15, 0.2) is 0 Å². The van der Waals surface area contributed by atoms with Crippen LogP contribution >= 0.6 is 22.7 Å². The first kappa shape index (κ1) is 20.4. The normalized spacial score (nSPS) is 11.7. The SMILES string of the molecule is CCCCc1cc(-c2cccc3c2sc2ccccc23)c2nc(-c3ccccc3N)sc2c1. The fraction of sp³-hybridized carbons (Fsp3) is 0.138. The zero-order valence-electron chi connectivity index (χ0n) is 18.5. The summed E-state index contributed by atoms with van der Waals surface area (Å²) < 4.78 is 3.89. The molecule has 2 N–H and O–H groups in total. The van der Waals surface area contributed by atoms with E-state index in [9.17, 15) is 0 Å². The molecule has 0 radical (unpaired) electrons. The number of anilines is 1. The Bertz CT molecular complexity index is 1620. The molecule has 4 heteroatoms. The molecule has 0 aliphatic heterocycles. The van der Waals surface area contributed by atoms with Gasteiger partial charge >= 0.3 is 0 Å². The zero-order valence-corrected chi connectivity index (χ0v) is 20.1. The van der Waals surface area contributed by atoms with Crippen LogP contribution in [0.1, 0.15) is 25.3 Å². The third kappa shape index (κ3) is 3.50. The molecule has 0 spiro atoms. The van der Waals surface area contributed by atoms with E-state index in [1.54, 1.807) is 11.3 Å². The topological polar surface area (TPSA) is 38.9 Å². The smallest absolute Gasteiger partial charge is 0.126 e. The monoisotopic (exact) mass is 464 g/mol. The summed E-state index contributed by atoms with van der Waals surface area (Å²) in [6.07, 6.45) is 3.46. The van der Waals surface area contributed by atoms with Crippen molar-refractivity contribution in [2.75, 3.05) is 5.73 Å². The molecule has 0 atom stereocenters. The Morgan fingerprint density at radius 3 is 2.42 bits per heavy atom. The van der Waals surface area contributed by atoms with Crippen molar-refractivity contribution >= 4 is 58.7 Å². The van der Waals surface area contributed by atoms with E-state index in [0.29, 0.717) is 0 Å². The lowest BCUT2D eigenvalue weighted by Crippen LogP contribution is -1.89. The summed E-state index contributed by atoms with van der Waals surface area (Å²) in [5, 5.41) is 3.64. The molecule has 4 aromatic carbocycles. The molecule has 2 nitrogen and oxygen atoms in total. The maximum Gasteiger partial charge on any atom is 0.126 e. The van der Waals surface area contributed by atoms with E-state index in [1.165, 1.54) is 54.4 Å². The van der Waals surface area contributed by atoms with Gasteiger partial charge in [0.2, 0.25) is 0 Å². The van der Waals surface area contributed by atoms with Crippen LogP contribution in [0.15, 0.2) is 78.9 Å². The van der Waals surface area contributed by atoms with Crippen LogP contribution in [0.2, 0.25) is 0 Å². The number of hydrogen-bond acceptors (Lipinski definition) is 4. The molecule has 0 amide bonds. The second-order valence-electron chi connectivity index (χ2n) is 8.48. The highest BCUT2D eigenvalue weighted by molar-refractivity contribution is 7.26. The van der Waals surface area contributed by atoms with E-state index >= 15 is 0 Å². The highest BCUT2D eigenvalue weighted by Crippen LogP contribution is 2.44. The highest BCUT2D eigenvalue weighted by atomic mass is 32.1. The Morgan fingerprint density at radius 1 is 0.758 bits per heavy atom. The molecule has 0 aliphatic rings. The Morgan fingerprint density at radius 2 is 1.55 bits per heavy atom. The number of aryl methyl sites for hydroxylation is 1. The zero-order chi connectivity index (χ0) is 22.4. The van der Waals surface area contributed by atoms with Gasteiger partial charge in [-0.2, -0.15) is 0 Å². The molecule has 2 heterocycles. The number of benzene rings is 4. The maximum atomic E-state index is 6.31. The number of nitrogens with zero attached hydrogens (tertiary/aromatic N) is 1. The first-order chi connectivity index (χ1) is 16.2. The van der Waals surface area contributed by atoms with E-state index < -0.39 is 0 Å². The number of unbranched alkanes of at least 4 members (excludes halogenated alkanes) is 1. The van der Waals surface area contributed by atoms with Gasteiger partial charge in [-0.15, -0.1) is 22.7 Å². The number of aromatic nitrogens is 1. The first-order valence-corrected chi connectivity index (χ1v) is 13.0. The van der Waals surface area contributed by atoms with Crippen molar-refractivity contribution < 1.29 is 0 Å². The fourth-order valence-corrected chi connectivity index (χ4v) is 6.92. The molecule has 6 aromatic rings. The lowest BCUT2D eigenvalue weighted by molar-refractivity contribution is 0.796. The van der Waals surface area contributed by atoms with E-state index in [-0.39, 0.29) is 0 Å². The van der Waals surface area contributed by atoms with Crippen molar-refractivity contribution in [3.05, 3.63) is 84.4 Å². The number of thiazole rings is 1. The summed E-state index contributed by atoms with van der Waals surface area (Å²) in [6, 6.07) is 28.1. The van der Waals surface area contributed by atoms with Crippen molar-refractivity contribution in [3.8, 4) is 21.7 Å². The molecular weight excluding hydrogens is 440 g/mol. The van der Waals surface area contributed by atoms with Gasteiger partial charge in [-0.25, -0.2) is 4.98 Å². The number of nitrogens with two attached hydrogens (primary N) is 1. The van der Waals surface area contributed by atoms with E-state index in [0.717, 1.165) is 28.2 Å². The number of para-hydroxylation sites is 1. The lowest BCUT2D eigenvalue weighted by Gasteiger charge is -2.08. The number of hydrogen-bond donors (Lipinski definition) is 1. The summed E-state index contributed by atoms with van der Waals surface area (Å²) in [7, 11) is 0. The summed E-state index contributed by atoms with van der Waals surface area (Å²) >= 11 is 3.62. The van der Waals surface area contributed by atoms with Crippen LogP contribution in [-0.2, 0) is 6.42 Å². The third-order valence-electron chi connectivity index (χ3n) is 6.26.